The van der Waals surface area contributed by atoms with Crippen molar-refractivity contribution >= 4 is 0 Å². The van der Waals surface area contributed by atoms with Crippen molar-refractivity contribution in [1.29, 1.82) is 0 Å². The first-order valence-corrected chi connectivity index (χ1v) is 10.3. The van der Waals surface area contributed by atoms with Crippen LogP contribution in [-0.4, -0.2) is 4.98 Å². The van der Waals surface area contributed by atoms with Gasteiger partial charge in [0.05, 0.1) is 0 Å². The first kappa shape index (κ1) is 20.2. The van der Waals surface area contributed by atoms with Crippen LogP contribution in [0.25, 0.3) is 0 Å². The Morgan fingerprint density at radius 1 is 0.783 bits per heavy atom. The number of aromatic nitrogens is 1. The van der Waals surface area contributed by atoms with E-state index in [4.69, 9.17) is 0 Å². The van der Waals surface area contributed by atoms with E-state index in [9.17, 15) is 0 Å². The highest BCUT2D eigenvalue weighted by molar-refractivity contribution is 5.08. The number of hydrogen-bond acceptors (Lipinski definition) is 1. The maximum Gasteiger partial charge on any atom is 0.0299 e. The van der Waals surface area contributed by atoms with Crippen molar-refractivity contribution in [2.24, 2.45) is 5.92 Å². The van der Waals surface area contributed by atoms with Crippen molar-refractivity contribution in [3.05, 3.63) is 30.1 Å². The Morgan fingerprint density at radius 3 is 1.91 bits per heavy atom. The molecule has 0 amide bonds. The van der Waals surface area contributed by atoms with Gasteiger partial charge in [0.1, 0.15) is 0 Å². The summed E-state index contributed by atoms with van der Waals surface area (Å²) in [7, 11) is 0. The largest absolute Gasteiger partial charge is 0.264 e. The molecule has 0 saturated heterocycles. The van der Waals surface area contributed by atoms with E-state index in [0.717, 1.165) is 5.92 Å². The fourth-order valence-corrected chi connectivity index (χ4v) is 3.42. The van der Waals surface area contributed by atoms with Crippen LogP contribution in [0.4, 0.5) is 0 Å². The van der Waals surface area contributed by atoms with Crippen molar-refractivity contribution in [2.45, 2.75) is 104 Å². The summed E-state index contributed by atoms with van der Waals surface area (Å²) in [6.45, 7) is 4.60. The van der Waals surface area contributed by atoms with E-state index < -0.39 is 0 Å². The SMILES string of the molecule is CCCCCCCC(CCCCCCC)CCc1cccnc1. The first-order chi connectivity index (χ1) is 11.4. The molecule has 0 aliphatic carbocycles. The van der Waals surface area contributed by atoms with E-state index in [1.165, 1.54) is 95.5 Å². The third-order valence-corrected chi connectivity index (χ3v) is 5.00. The van der Waals surface area contributed by atoms with Gasteiger partial charge in [-0.15, -0.1) is 0 Å². The van der Waals surface area contributed by atoms with Crippen molar-refractivity contribution in [3.63, 3.8) is 0 Å². The highest BCUT2D eigenvalue weighted by Gasteiger charge is 2.09. The maximum atomic E-state index is 4.25. The van der Waals surface area contributed by atoms with Crippen LogP contribution >= 0.6 is 0 Å². The molecule has 1 aromatic heterocycles. The van der Waals surface area contributed by atoms with E-state index >= 15 is 0 Å². The van der Waals surface area contributed by atoms with Crippen LogP contribution < -0.4 is 0 Å². The molecule has 1 heteroatoms. The van der Waals surface area contributed by atoms with Gasteiger partial charge in [-0.25, -0.2) is 0 Å². The maximum absolute atomic E-state index is 4.25. The lowest BCUT2D eigenvalue weighted by molar-refractivity contribution is 0.381. The lowest BCUT2D eigenvalue weighted by atomic mass is 9.89. The molecule has 1 nitrogen and oxygen atoms in total. The highest BCUT2D eigenvalue weighted by Crippen LogP contribution is 2.23. The molecule has 1 rings (SSSR count). The molecule has 0 spiro atoms. The average molecular weight is 318 g/mol. The fraction of sp³-hybridized carbons (Fsp3) is 0.773. The minimum Gasteiger partial charge on any atom is -0.264 e. The monoisotopic (exact) mass is 317 g/mol. The molecule has 0 fully saturated rings. The van der Waals surface area contributed by atoms with Gasteiger partial charge < -0.3 is 0 Å². The van der Waals surface area contributed by atoms with Crippen LogP contribution in [0.3, 0.4) is 0 Å². The van der Waals surface area contributed by atoms with Gasteiger partial charge in [0.25, 0.3) is 0 Å². The Bertz CT molecular complexity index is 332. The number of rotatable bonds is 15. The number of pyridine rings is 1. The smallest absolute Gasteiger partial charge is 0.0299 e. The van der Waals surface area contributed by atoms with Gasteiger partial charge >= 0.3 is 0 Å². The summed E-state index contributed by atoms with van der Waals surface area (Å²) in [5.41, 5.74) is 1.41. The molecular formula is C22H39N. The van der Waals surface area contributed by atoms with Crippen molar-refractivity contribution in [3.8, 4) is 0 Å². The third kappa shape index (κ3) is 11.3. The predicted octanol–water partition coefficient (Wildman–Crippen LogP) is 7.35. The standard InChI is InChI=1S/C22H39N/c1-3-5-7-9-11-14-21(15-12-10-8-6-4-2)17-18-22-16-13-19-23-20-22/h13,16,19-21H,3-12,14-15,17-18H2,1-2H3. The van der Waals surface area contributed by atoms with Gasteiger partial charge in [0.15, 0.2) is 0 Å². The van der Waals surface area contributed by atoms with Crippen molar-refractivity contribution < 1.29 is 0 Å². The zero-order valence-corrected chi connectivity index (χ0v) is 15.7. The molecule has 0 bridgehead atoms. The summed E-state index contributed by atoms with van der Waals surface area (Å²) in [4.78, 5) is 4.25. The Kier molecular flexibility index (Phi) is 12.9. The Morgan fingerprint density at radius 2 is 1.39 bits per heavy atom. The summed E-state index contributed by atoms with van der Waals surface area (Å²) in [5, 5.41) is 0. The average Bonchev–Trinajstić information content (AvgIpc) is 2.59. The van der Waals surface area contributed by atoms with Crippen LogP contribution in [0.5, 0.6) is 0 Å². The van der Waals surface area contributed by atoms with Gasteiger partial charge in [-0.1, -0.05) is 97.0 Å². The second kappa shape index (κ2) is 14.7. The second-order valence-corrected chi connectivity index (χ2v) is 7.17. The number of hydrogen-bond donors (Lipinski definition) is 0. The third-order valence-electron chi connectivity index (χ3n) is 5.00. The predicted molar refractivity (Wildman–Crippen MR) is 103 cm³/mol. The van der Waals surface area contributed by atoms with Crippen LogP contribution in [-0.2, 0) is 6.42 Å². The molecule has 0 aromatic carbocycles. The lowest BCUT2D eigenvalue weighted by Crippen LogP contribution is -2.03. The topological polar surface area (TPSA) is 12.9 Å². The van der Waals surface area contributed by atoms with Crippen LogP contribution in [0.15, 0.2) is 24.5 Å². The summed E-state index contributed by atoms with van der Waals surface area (Å²) in [6.07, 6.45) is 23.5. The molecule has 0 unspecified atom stereocenters. The number of unbranched alkanes of at least 4 members (excludes halogenated alkanes) is 8. The molecule has 0 aliphatic rings. The van der Waals surface area contributed by atoms with E-state index in [1.54, 1.807) is 0 Å². The lowest BCUT2D eigenvalue weighted by Gasteiger charge is -2.17. The molecule has 0 atom stereocenters. The Balaban J connectivity index is 2.25. The van der Waals surface area contributed by atoms with Crippen molar-refractivity contribution in [1.82, 2.24) is 4.98 Å². The molecule has 0 aliphatic heterocycles. The van der Waals surface area contributed by atoms with E-state index in [-0.39, 0.29) is 0 Å². The zero-order chi connectivity index (χ0) is 16.6. The van der Waals surface area contributed by atoms with E-state index in [1.807, 2.05) is 12.4 Å². The second-order valence-electron chi connectivity index (χ2n) is 7.17. The Labute approximate surface area is 145 Å². The summed E-state index contributed by atoms with van der Waals surface area (Å²) in [6, 6.07) is 4.30. The van der Waals surface area contributed by atoms with Crippen molar-refractivity contribution in [2.75, 3.05) is 0 Å². The van der Waals surface area contributed by atoms with Crippen LogP contribution in [0.2, 0.25) is 0 Å². The molecule has 1 heterocycles. The van der Waals surface area contributed by atoms with Crippen LogP contribution in [0, 0.1) is 5.92 Å². The molecule has 0 saturated carbocycles. The van der Waals surface area contributed by atoms with Gasteiger partial charge in [0.2, 0.25) is 0 Å². The molecule has 23 heavy (non-hydrogen) atoms. The Hall–Kier alpha value is -0.850. The highest BCUT2D eigenvalue weighted by atomic mass is 14.6. The minimum absolute atomic E-state index is 0.929. The van der Waals surface area contributed by atoms with Gasteiger partial charge in [-0.2, -0.15) is 0 Å². The summed E-state index contributed by atoms with van der Waals surface area (Å²) in [5.74, 6) is 0.929. The quantitative estimate of drug-likeness (QED) is 0.308. The molecule has 1 aromatic rings. The fourth-order valence-electron chi connectivity index (χ4n) is 3.42. The zero-order valence-electron chi connectivity index (χ0n) is 15.7. The summed E-state index contributed by atoms with van der Waals surface area (Å²) >= 11 is 0. The van der Waals surface area contributed by atoms with Crippen LogP contribution in [0.1, 0.15) is 103 Å². The van der Waals surface area contributed by atoms with E-state index in [2.05, 4.69) is 31.0 Å². The first-order valence-electron chi connectivity index (χ1n) is 10.3. The number of aryl methyl sites for hydroxylation is 1. The molecule has 0 radical (unpaired) electrons. The minimum atomic E-state index is 0.929. The number of nitrogens with zero attached hydrogens (tertiary/aromatic N) is 1. The van der Waals surface area contributed by atoms with Gasteiger partial charge in [-0.05, 0) is 30.4 Å². The van der Waals surface area contributed by atoms with Gasteiger partial charge in [-0.3, -0.25) is 4.98 Å². The summed E-state index contributed by atoms with van der Waals surface area (Å²) < 4.78 is 0. The normalized spacial score (nSPS) is 11.3. The van der Waals surface area contributed by atoms with Gasteiger partial charge in [0, 0.05) is 12.4 Å². The molecule has 132 valence electrons. The van der Waals surface area contributed by atoms with E-state index in [0.29, 0.717) is 0 Å². The molecule has 0 N–H and O–H groups in total. The molecular weight excluding hydrogens is 278 g/mol.